The molecule has 2 aromatic heterocycles. The van der Waals surface area contributed by atoms with Crippen molar-refractivity contribution in [3.05, 3.63) is 35.1 Å². The van der Waals surface area contributed by atoms with Gasteiger partial charge in [-0.1, -0.05) is 0 Å². The third-order valence-corrected chi connectivity index (χ3v) is 5.25. The van der Waals surface area contributed by atoms with Crippen LogP contribution in [0.15, 0.2) is 24.7 Å². The van der Waals surface area contributed by atoms with Gasteiger partial charge in [-0.2, -0.15) is 0 Å². The second-order valence-electron chi connectivity index (χ2n) is 6.49. The minimum Gasteiger partial charge on any atom is -0.495 e. The zero-order valence-corrected chi connectivity index (χ0v) is 15.5. The van der Waals surface area contributed by atoms with E-state index in [0.29, 0.717) is 11.0 Å². The van der Waals surface area contributed by atoms with Gasteiger partial charge in [-0.25, -0.2) is 4.98 Å². The molecular weight excluding hydrogens is 336 g/mol. The topological polar surface area (TPSA) is 67.3 Å². The number of nitrogens with zero attached hydrogens (tertiary/aromatic N) is 3. The Hall–Kier alpha value is -1.99. The van der Waals surface area contributed by atoms with Crippen molar-refractivity contribution in [2.45, 2.75) is 32.7 Å². The first kappa shape index (κ1) is 17.8. The van der Waals surface area contributed by atoms with E-state index in [1.54, 1.807) is 24.6 Å². The fourth-order valence-electron chi connectivity index (χ4n) is 3.29. The number of rotatable bonds is 6. The summed E-state index contributed by atoms with van der Waals surface area (Å²) in [6.07, 6.45) is 9.02. The molecule has 7 heteroatoms. The van der Waals surface area contributed by atoms with E-state index in [1.807, 2.05) is 12.4 Å². The smallest absolute Gasteiger partial charge is 0.223 e. The van der Waals surface area contributed by atoms with Crippen molar-refractivity contribution in [2.75, 3.05) is 25.5 Å². The van der Waals surface area contributed by atoms with Crippen molar-refractivity contribution >= 4 is 22.4 Å². The number of hydrogen-bond donors (Lipinski definition) is 1. The number of carbonyl (C=O) groups excluding carboxylic acids is 1. The number of ether oxygens (including phenoxy) is 1. The van der Waals surface area contributed by atoms with Crippen molar-refractivity contribution < 1.29 is 9.53 Å². The minimum absolute atomic E-state index is 0.0779. The van der Waals surface area contributed by atoms with Crippen LogP contribution < -0.4 is 10.1 Å². The van der Waals surface area contributed by atoms with Crippen molar-refractivity contribution in [3.8, 4) is 5.75 Å². The predicted molar refractivity (Wildman–Crippen MR) is 98.9 cm³/mol. The van der Waals surface area contributed by atoms with Crippen LogP contribution >= 0.6 is 11.3 Å². The van der Waals surface area contributed by atoms with E-state index in [0.717, 1.165) is 31.8 Å². The van der Waals surface area contributed by atoms with E-state index in [-0.39, 0.29) is 5.91 Å². The summed E-state index contributed by atoms with van der Waals surface area (Å²) in [6.45, 7) is 4.58. The van der Waals surface area contributed by atoms with Crippen molar-refractivity contribution in [1.29, 1.82) is 0 Å². The molecule has 0 spiro atoms. The molecular formula is C18H24N4O2S. The van der Waals surface area contributed by atoms with Crippen LogP contribution in [0.3, 0.4) is 0 Å². The fraction of sp³-hybridized carbons (Fsp3) is 0.500. The van der Waals surface area contributed by atoms with E-state index in [4.69, 9.17) is 4.74 Å². The van der Waals surface area contributed by atoms with Crippen LogP contribution in [0.4, 0.5) is 5.13 Å². The third-order valence-electron chi connectivity index (χ3n) is 4.35. The van der Waals surface area contributed by atoms with E-state index in [2.05, 4.69) is 26.3 Å². The van der Waals surface area contributed by atoms with Crippen LogP contribution in [0.25, 0.3) is 0 Å². The Bertz CT molecular complexity index is 719. The quantitative estimate of drug-likeness (QED) is 0.858. The Labute approximate surface area is 152 Å². The molecule has 1 saturated heterocycles. The molecule has 0 aliphatic carbocycles. The molecule has 6 nitrogen and oxygen atoms in total. The average molecular weight is 360 g/mol. The predicted octanol–water partition coefficient (Wildman–Crippen LogP) is 2.96. The highest BCUT2D eigenvalue weighted by atomic mass is 32.1. The summed E-state index contributed by atoms with van der Waals surface area (Å²) in [7, 11) is 1.67. The van der Waals surface area contributed by atoms with Gasteiger partial charge in [0.1, 0.15) is 5.75 Å². The van der Waals surface area contributed by atoms with Crippen molar-refractivity contribution in [3.63, 3.8) is 0 Å². The van der Waals surface area contributed by atoms with Crippen LogP contribution in [0.1, 0.15) is 30.2 Å². The van der Waals surface area contributed by atoms with Gasteiger partial charge in [-0.3, -0.25) is 14.7 Å². The van der Waals surface area contributed by atoms with Crippen LogP contribution in [0.2, 0.25) is 0 Å². The van der Waals surface area contributed by atoms with Crippen molar-refractivity contribution in [2.24, 2.45) is 5.92 Å². The normalized spacial score (nSPS) is 18.1. The summed E-state index contributed by atoms with van der Waals surface area (Å²) in [5, 5.41) is 3.43. The van der Waals surface area contributed by atoms with Gasteiger partial charge < -0.3 is 10.1 Å². The zero-order chi connectivity index (χ0) is 17.6. The number of nitrogens with one attached hydrogen (secondary N) is 1. The number of likely N-dealkylation sites (tertiary alicyclic amines) is 1. The van der Waals surface area contributed by atoms with E-state index >= 15 is 0 Å². The number of pyridine rings is 1. The largest absolute Gasteiger partial charge is 0.495 e. The molecule has 0 saturated carbocycles. The van der Waals surface area contributed by atoms with Crippen LogP contribution in [-0.4, -0.2) is 41.0 Å². The number of anilines is 1. The molecule has 1 amide bonds. The van der Waals surface area contributed by atoms with E-state index in [9.17, 15) is 4.79 Å². The number of methoxy groups -OCH3 is 1. The highest BCUT2D eigenvalue weighted by Crippen LogP contribution is 2.25. The standard InChI is InChI=1S/C18H24N4O2S/c1-13(23)21-18-20-10-17(25-18)12-22-5-3-4-14(11-22)6-15-7-16(24-2)9-19-8-15/h7-10,14H,3-6,11-12H2,1-2H3,(H,20,21,23)/t14-/m0/s1. The lowest BCUT2D eigenvalue weighted by Gasteiger charge is -2.32. The maximum Gasteiger partial charge on any atom is 0.223 e. The molecule has 1 fully saturated rings. The molecule has 1 N–H and O–H groups in total. The summed E-state index contributed by atoms with van der Waals surface area (Å²) < 4.78 is 5.27. The van der Waals surface area contributed by atoms with Gasteiger partial charge in [-0.05, 0) is 43.4 Å². The zero-order valence-electron chi connectivity index (χ0n) is 14.7. The molecule has 25 heavy (non-hydrogen) atoms. The monoisotopic (exact) mass is 360 g/mol. The number of piperidine rings is 1. The highest BCUT2D eigenvalue weighted by molar-refractivity contribution is 7.15. The SMILES string of the molecule is COc1cncc(C[C@@H]2CCCN(Cc3cnc(NC(C)=O)s3)C2)c1. The molecule has 3 rings (SSSR count). The Morgan fingerprint density at radius 3 is 3.12 bits per heavy atom. The second-order valence-corrected chi connectivity index (χ2v) is 7.61. The molecule has 1 atom stereocenters. The molecule has 1 aliphatic rings. The van der Waals surface area contributed by atoms with Crippen LogP contribution in [0.5, 0.6) is 5.75 Å². The maximum absolute atomic E-state index is 11.1. The molecule has 0 radical (unpaired) electrons. The number of aromatic nitrogens is 2. The molecule has 3 heterocycles. The van der Waals surface area contributed by atoms with Gasteiger partial charge in [0, 0.05) is 37.3 Å². The minimum atomic E-state index is -0.0779. The Kier molecular flexibility index (Phi) is 5.99. The summed E-state index contributed by atoms with van der Waals surface area (Å²) in [5.74, 6) is 1.37. The molecule has 2 aromatic rings. The van der Waals surface area contributed by atoms with Gasteiger partial charge in [0.15, 0.2) is 5.13 Å². The molecule has 0 aromatic carbocycles. The summed E-state index contributed by atoms with van der Waals surface area (Å²) in [6, 6.07) is 2.08. The summed E-state index contributed by atoms with van der Waals surface area (Å²) in [4.78, 5) is 23.3. The van der Waals surface area contributed by atoms with Gasteiger partial charge >= 0.3 is 0 Å². The van der Waals surface area contributed by atoms with Crippen LogP contribution in [-0.2, 0) is 17.8 Å². The first-order valence-electron chi connectivity index (χ1n) is 8.55. The lowest BCUT2D eigenvalue weighted by atomic mass is 9.92. The Morgan fingerprint density at radius 1 is 1.44 bits per heavy atom. The lowest BCUT2D eigenvalue weighted by Crippen LogP contribution is -2.35. The number of carbonyl (C=O) groups is 1. The average Bonchev–Trinajstić information content (AvgIpc) is 3.01. The maximum atomic E-state index is 11.1. The summed E-state index contributed by atoms with van der Waals surface area (Å²) >= 11 is 1.55. The lowest BCUT2D eigenvalue weighted by molar-refractivity contribution is -0.114. The van der Waals surface area contributed by atoms with Crippen molar-refractivity contribution in [1.82, 2.24) is 14.9 Å². The molecule has 0 bridgehead atoms. The highest BCUT2D eigenvalue weighted by Gasteiger charge is 2.21. The first-order chi connectivity index (χ1) is 12.1. The molecule has 134 valence electrons. The number of hydrogen-bond acceptors (Lipinski definition) is 6. The fourth-order valence-corrected chi connectivity index (χ4v) is 4.19. The number of thiazole rings is 1. The number of amides is 1. The van der Waals surface area contributed by atoms with Gasteiger partial charge in [0.05, 0.1) is 13.3 Å². The van der Waals surface area contributed by atoms with E-state index < -0.39 is 0 Å². The van der Waals surface area contributed by atoms with Crippen LogP contribution in [0, 0.1) is 5.92 Å². The van der Waals surface area contributed by atoms with Gasteiger partial charge in [-0.15, -0.1) is 11.3 Å². The van der Waals surface area contributed by atoms with Gasteiger partial charge in [0.2, 0.25) is 5.91 Å². The molecule has 1 aliphatic heterocycles. The Morgan fingerprint density at radius 2 is 2.32 bits per heavy atom. The van der Waals surface area contributed by atoms with Gasteiger partial charge in [0.25, 0.3) is 0 Å². The molecule has 0 unspecified atom stereocenters. The second kappa shape index (κ2) is 8.40. The third kappa shape index (κ3) is 5.24. The summed E-state index contributed by atoms with van der Waals surface area (Å²) in [5.41, 5.74) is 1.23. The Balaban J connectivity index is 1.55. The first-order valence-corrected chi connectivity index (χ1v) is 9.36. The van der Waals surface area contributed by atoms with E-state index in [1.165, 1.54) is 30.2 Å².